The number of hydrogen-bond acceptors (Lipinski definition) is 3. The standard InChI is InChI=1S/C24H26N2O2/c1-3-22(18-14-16-21(28-2)17-15-18)26-23(19-10-6-4-7-11-19)24(27)25-20-12-8-5-9-13-20/h4-17,22-23,26H,3H2,1-2H3,(H,25,27). The quantitative estimate of drug-likeness (QED) is 0.576. The van der Waals surface area contributed by atoms with Gasteiger partial charge in [-0.05, 0) is 41.8 Å². The van der Waals surface area contributed by atoms with E-state index in [4.69, 9.17) is 4.74 Å². The van der Waals surface area contributed by atoms with Crippen molar-refractivity contribution in [1.82, 2.24) is 5.32 Å². The molecule has 2 N–H and O–H groups in total. The predicted molar refractivity (Wildman–Crippen MR) is 113 cm³/mol. The molecule has 0 aliphatic carbocycles. The lowest BCUT2D eigenvalue weighted by Crippen LogP contribution is -2.35. The second-order valence-corrected chi connectivity index (χ2v) is 6.60. The van der Waals surface area contributed by atoms with Crippen LogP contribution in [-0.2, 0) is 4.79 Å². The molecule has 0 saturated heterocycles. The van der Waals surface area contributed by atoms with Gasteiger partial charge in [-0.15, -0.1) is 0 Å². The van der Waals surface area contributed by atoms with Crippen LogP contribution in [0.3, 0.4) is 0 Å². The van der Waals surface area contributed by atoms with E-state index in [1.807, 2.05) is 84.9 Å². The van der Waals surface area contributed by atoms with Crippen molar-refractivity contribution in [2.75, 3.05) is 12.4 Å². The number of carbonyl (C=O) groups excluding carboxylic acids is 1. The summed E-state index contributed by atoms with van der Waals surface area (Å²) in [5.74, 6) is 0.740. The molecular formula is C24H26N2O2. The zero-order chi connectivity index (χ0) is 19.8. The van der Waals surface area contributed by atoms with Gasteiger partial charge in [0.1, 0.15) is 11.8 Å². The molecule has 0 radical (unpaired) electrons. The predicted octanol–water partition coefficient (Wildman–Crippen LogP) is 5.12. The highest BCUT2D eigenvalue weighted by atomic mass is 16.5. The van der Waals surface area contributed by atoms with Crippen LogP contribution in [0.2, 0.25) is 0 Å². The van der Waals surface area contributed by atoms with Crippen LogP contribution in [0.15, 0.2) is 84.9 Å². The minimum atomic E-state index is -0.464. The molecule has 3 rings (SSSR count). The number of para-hydroxylation sites is 1. The lowest BCUT2D eigenvalue weighted by molar-refractivity contribution is -0.118. The Balaban J connectivity index is 1.84. The molecule has 0 saturated carbocycles. The fourth-order valence-corrected chi connectivity index (χ4v) is 3.19. The molecule has 0 spiro atoms. The molecule has 0 aliphatic heterocycles. The van der Waals surface area contributed by atoms with Gasteiger partial charge in [0.2, 0.25) is 5.91 Å². The summed E-state index contributed by atoms with van der Waals surface area (Å²) in [6.07, 6.45) is 0.855. The Bertz CT molecular complexity index is 864. The van der Waals surface area contributed by atoms with Gasteiger partial charge < -0.3 is 10.1 Å². The van der Waals surface area contributed by atoms with Crippen LogP contribution >= 0.6 is 0 Å². The zero-order valence-electron chi connectivity index (χ0n) is 16.3. The average Bonchev–Trinajstić information content (AvgIpc) is 2.76. The summed E-state index contributed by atoms with van der Waals surface area (Å²) in [7, 11) is 1.66. The third-order valence-electron chi connectivity index (χ3n) is 4.73. The van der Waals surface area contributed by atoms with Gasteiger partial charge in [-0.3, -0.25) is 10.1 Å². The van der Waals surface area contributed by atoms with E-state index in [0.29, 0.717) is 0 Å². The lowest BCUT2D eigenvalue weighted by Gasteiger charge is -2.25. The monoisotopic (exact) mass is 374 g/mol. The van der Waals surface area contributed by atoms with Crippen molar-refractivity contribution in [2.24, 2.45) is 0 Å². The first-order valence-corrected chi connectivity index (χ1v) is 9.52. The Hall–Kier alpha value is -3.11. The van der Waals surface area contributed by atoms with E-state index in [9.17, 15) is 4.79 Å². The molecular weight excluding hydrogens is 348 g/mol. The minimum absolute atomic E-state index is 0.0395. The second-order valence-electron chi connectivity index (χ2n) is 6.60. The first kappa shape index (κ1) is 19.6. The molecule has 3 aromatic carbocycles. The van der Waals surface area contributed by atoms with E-state index in [1.165, 1.54) is 0 Å². The van der Waals surface area contributed by atoms with Crippen LogP contribution < -0.4 is 15.4 Å². The van der Waals surface area contributed by atoms with Crippen LogP contribution in [-0.4, -0.2) is 13.0 Å². The molecule has 0 aliphatic rings. The van der Waals surface area contributed by atoms with Crippen molar-refractivity contribution >= 4 is 11.6 Å². The van der Waals surface area contributed by atoms with Gasteiger partial charge in [0, 0.05) is 11.7 Å². The van der Waals surface area contributed by atoms with Crippen LogP contribution in [0.5, 0.6) is 5.75 Å². The SMILES string of the molecule is CCC(NC(C(=O)Nc1ccccc1)c1ccccc1)c1ccc(OC)cc1. The molecule has 2 unspecified atom stereocenters. The van der Waals surface area contributed by atoms with Crippen molar-refractivity contribution in [3.05, 3.63) is 96.1 Å². The fourth-order valence-electron chi connectivity index (χ4n) is 3.19. The number of ether oxygens (including phenoxy) is 1. The zero-order valence-corrected chi connectivity index (χ0v) is 16.3. The molecule has 0 heterocycles. The second kappa shape index (κ2) is 9.72. The van der Waals surface area contributed by atoms with E-state index in [2.05, 4.69) is 17.6 Å². The molecule has 3 aromatic rings. The van der Waals surface area contributed by atoms with Crippen molar-refractivity contribution in [3.8, 4) is 5.75 Å². The van der Waals surface area contributed by atoms with Gasteiger partial charge in [0.25, 0.3) is 0 Å². The normalized spacial score (nSPS) is 12.8. The highest BCUT2D eigenvalue weighted by Crippen LogP contribution is 2.25. The largest absolute Gasteiger partial charge is 0.497 e. The maximum atomic E-state index is 13.1. The van der Waals surface area contributed by atoms with E-state index < -0.39 is 6.04 Å². The van der Waals surface area contributed by atoms with Crippen molar-refractivity contribution in [1.29, 1.82) is 0 Å². The summed E-state index contributed by atoms with van der Waals surface area (Å²) in [6, 6.07) is 26.9. The third-order valence-corrected chi connectivity index (χ3v) is 4.73. The van der Waals surface area contributed by atoms with E-state index in [0.717, 1.165) is 29.0 Å². The minimum Gasteiger partial charge on any atom is -0.497 e. The lowest BCUT2D eigenvalue weighted by atomic mass is 9.99. The molecule has 0 fully saturated rings. The Morgan fingerprint density at radius 1 is 0.857 bits per heavy atom. The number of anilines is 1. The number of benzene rings is 3. The summed E-state index contributed by atoms with van der Waals surface area (Å²) in [6.45, 7) is 2.11. The van der Waals surface area contributed by atoms with Crippen molar-refractivity contribution in [2.45, 2.75) is 25.4 Å². The number of methoxy groups -OCH3 is 1. The number of nitrogens with one attached hydrogen (secondary N) is 2. The third kappa shape index (κ3) is 4.99. The van der Waals surface area contributed by atoms with Gasteiger partial charge in [-0.25, -0.2) is 0 Å². The highest BCUT2D eigenvalue weighted by molar-refractivity contribution is 5.95. The van der Waals surface area contributed by atoms with Gasteiger partial charge in [0.05, 0.1) is 7.11 Å². The fraction of sp³-hybridized carbons (Fsp3) is 0.208. The Morgan fingerprint density at radius 2 is 1.46 bits per heavy atom. The van der Waals surface area contributed by atoms with E-state index >= 15 is 0 Å². The van der Waals surface area contributed by atoms with Gasteiger partial charge in [0.15, 0.2) is 0 Å². The first-order valence-electron chi connectivity index (χ1n) is 9.52. The highest BCUT2D eigenvalue weighted by Gasteiger charge is 2.24. The Morgan fingerprint density at radius 3 is 2.04 bits per heavy atom. The van der Waals surface area contributed by atoms with Gasteiger partial charge in [-0.2, -0.15) is 0 Å². The van der Waals surface area contributed by atoms with Gasteiger partial charge >= 0.3 is 0 Å². The maximum absolute atomic E-state index is 13.1. The van der Waals surface area contributed by atoms with Crippen LogP contribution in [0.4, 0.5) is 5.69 Å². The molecule has 1 amide bonds. The van der Waals surface area contributed by atoms with Crippen LogP contribution in [0, 0.1) is 0 Å². The molecule has 2 atom stereocenters. The number of amides is 1. The van der Waals surface area contributed by atoms with Gasteiger partial charge in [-0.1, -0.05) is 67.6 Å². The van der Waals surface area contributed by atoms with E-state index in [1.54, 1.807) is 7.11 Å². The van der Waals surface area contributed by atoms with Crippen LogP contribution in [0.25, 0.3) is 0 Å². The topological polar surface area (TPSA) is 50.4 Å². The number of carbonyl (C=O) groups is 1. The van der Waals surface area contributed by atoms with Crippen molar-refractivity contribution < 1.29 is 9.53 Å². The first-order chi connectivity index (χ1) is 13.7. The maximum Gasteiger partial charge on any atom is 0.246 e. The number of hydrogen-bond donors (Lipinski definition) is 2. The molecule has 4 nitrogen and oxygen atoms in total. The molecule has 0 bridgehead atoms. The Kier molecular flexibility index (Phi) is 6.82. The summed E-state index contributed by atoms with van der Waals surface area (Å²) < 4.78 is 5.25. The summed E-state index contributed by atoms with van der Waals surface area (Å²) in [4.78, 5) is 13.1. The molecule has 4 heteroatoms. The van der Waals surface area contributed by atoms with E-state index in [-0.39, 0.29) is 11.9 Å². The summed E-state index contributed by atoms with van der Waals surface area (Å²) in [5.41, 5.74) is 2.84. The Labute approximate surface area is 166 Å². The van der Waals surface area contributed by atoms with Crippen molar-refractivity contribution in [3.63, 3.8) is 0 Å². The average molecular weight is 374 g/mol. The number of rotatable bonds is 8. The summed E-state index contributed by atoms with van der Waals surface area (Å²) in [5, 5.41) is 6.56. The molecule has 144 valence electrons. The molecule has 28 heavy (non-hydrogen) atoms. The van der Waals surface area contributed by atoms with Crippen LogP contribution in [0.1, 0.15) is 36.6 Å². The molecule has 0 aromatic heterocycles. The smallest absolute Gasteiger partial charge is 0.246 e. The summed E-state index contributed by atoms with van der Waals surface area (Å²) >= 11 is 0.